The van der Waals surface area contributed by atoms with Crippen molar-refractivity contribution >= 4 is 5.65 Å². The lowest BCUT2D eigenvalue weighted by molar-refractivity contribution is -0.0499. The highest BCUT2D eigenvalue weighted by Crippen LogP contribution is 2.20. The van der Waals surface area contributed by atoms with Gasteiger partial charge in [-0.05, 0) is 17.7 Å². The number of imidazole rings is 1. The number of rotatable bonds is 7. The fraction of sp³-hybridized carbons (Fsp3) is 0.250. The number of benzene rings is 1. The number of fused-ring (bicyclic) bond motifs is 1. The number of ether oxygens (including phenoxy) is 1. The summed E-state index contributed by atoms with van der Waals surface area (Å²) in [6.07, 6.45) is 6.02. The van der Waals surface area contributed by atoms with Gasteiger partial charge in [-0.2, -0.15) is 8.78 Å². The van der Waals surface area contributed by atoms with Crippen LogP contribution in [0.2, 0.25) is 0 Å². The van der Waals surface area contributed by atoms with Gasteiger partial charge in [-0.1, -0.05) is 12.1 Å². The number of nitrogens with one attached hydrogen (secondary N) is 1. The largest absolute Gasteiger partial charge is 0.435 e. The van der Waals surface area contributed by atoms with Crippen molar-refractivity contribution in [2.24, 2.45) is 0 Å². The molecule has 3 rings (SSSR count). The number of nitrogens with zero attached hydrogens (tertiary/aromatic N) is 3. The van der Waals surface area contributed by atoms with E-state index >= 15 is 0 Å². The number of aliphatic hydroxyl groups excluding tert-OH is 1. The van der Waals surface area contributed by atoms with Crippen molar-refractivity contribution in [3.8, 4) is 5.75 Å². The van der Waals surface area contributed by atoms with Crippen LogP contribution < -0.4 is 10.1 Å². The molecule has 126 valence electrons. The van der Waals surface area contributed by atoms with Gasteiger partial charge in [0.1, 0.15) is 5.75 Å². The maximum Gasteiger partial charge on any atom is 0.387 e. The quantitative estimate of drug-likeness (QED) is 0.693. The molecule has 0 bridgehead atoms. The fourth-order valence-electron chi connectivity index (χ4n) is 2.38. The normalized spacial score (nSPS) is 12.7. The molecule has 0 aliphatic heterocycles. The van der Waals surface area contributed by atoms with Crippen molar-refractivity contribution in [2.75, 3.05) is 6.54 Å². The molecule has 24 heavy (non-hydrogen) atoms. The minimum absolute atomic E-state index is 0.0239. The van der Waals surface area contributed by atoms with E-state index in [9.17, 15) is 13.9 Å². The van der Waals surface area contributed by atoms with E-state index in [0.717, 1.165) is 11.3 Å². The van der Waals surface area contributed by atoms with Crippen LogP contribution in [-0.4, -0.2) is 32.6 Å². The molecule has 0 aliphatic carbocycles. The summed E-state index contributed by atoms with van der Waals surface area (Å²) in [6.45, 7) is -2.13. The molecule has 0 radical (unpaired) electrons. The van der Waals surface area contributed by atoms with Gasteiger partial charge in [0.05, 0.1) is 24.2 Å². The van der Waals surface area contributed by atoms with E-state index in [-0.39, 0.29) is 12.3 Å². The Hall–Kier alpha value is -2.58. The third-order valence-electron chi connectivity index (χ3n) is 3.51. The third-order valence-corrected chi connectivity index (χ3v) is 3.51. The Bertz CT molecular complexity index is 809. The minimum atomic E-state index is -2.89. The maximum atomic E-state index is 12.2. The van der Waals surface area contributed by atoms with Gasteiger partial charge in [0.15, 0.2) is 5.65 Å². The molecule has 6 nitrogen and oxygen atoms in total. The zero-order valence-electron chi connectivity index (χ0n) is 12.6. The highest BCUT2D eigenvalue weighted by molar-refractivity contribution is 5.36. The summed E-state index contributed by atoms with van der Waals surface area (Å²) in [5.41, 5.74) is 2.17. The van der Waals surface area contributed by atoms with Gasteiger partial charge >= 0.3 is 6.61 Å². The van der Waals surface area contributed by atoms with Crippen LogP contribution in [0.3, 0.4) is 0 Å². The first kappa shape index (κ1) is 16.3. The molecule has 0 saturated carbocycles. The predicted octanol–water partition coefficient (Wildman–Crippen LogP) is 2.15. The Morgan fingerprint density at radius 2 is 2.17 bits per heavy atom. The average Bonchev–Trinajstić information content (AvgIpc) is 2.98. The maximum absolute atomic E-state index is 12.2. The van der Waals surface area contributed by atoms with Gasteiger partial charge in [0, 0.05) is 25.5 Å². The SMILES string of the molecule is OC(CNCc1cnc2cnccn12)c1cccc(OC(F)F)c1. The lowest BCUT2D eigenvalue weighted by Gasteiger charge is -2.13. The van der Waals surface area contributed by atoms with Gasteiger partial charge in [-0.25, -0.2) is 4.98 Å². The molecule has 1 atom stereocenters. The molecule has 3 aromatic rings. The standard InChI is InChI=1S/C16H16F2N4O2/c17-16(18)24-13-3-1-2-11(6-13)14(23)9-20-7-12-8-21-15-10-19-4-5-22(12)15/h1-6,8,10,14,16,20,23H,7,9H2. The smallest absolute Gasteiger partial charge is 0.387 e. The first-order chi connectivity index (χ1) is 11.6. The van der Waals surface area contributed by atoms with Crippen LogP contribution in [0.25, 0.3) is 5.65 Å². The summed E-state index contributed by atoms with van der Waals surface area (Å²) in [7, 11) is 0. The highest BCUT2D eigenvalue weighted by atomic mass is 19.3. The van der Waals surface area contributed by atoms with Crippen LogP contribution in [0.4, 0.5) is 8.78 Å². The van der Waals surface area contributed by atoms with Crippen molar-refractivity contribution in [3.63, 3.8) is 0 Å². The van der Waals surface area contributed by atoms with Crippen LogP contribution in [0.15, 0.2) is 49.1 Å². The van der Waals surface area contributed by atoms with Crippen molar-refractivity contribution in [2.45, 2.75) is 19.3 Å². The monoisotopic (exact) mass is 334 g/mol. The summed E-state index contributed by atoms with van der Waals surface area (Å²) in [4.78, 5) is 8.22. The Morgan fingerprint density at radius 3 is 3.00 bits per heavy atom. The first-order valence-electron chi connectivity index (χ1n) is 7.33. The van der Waals surface area contributed by atoms with Crippen LogP contribution >= 0.6 is 0 Å². The third kappa shape index (κ3) is 3.84. The van der Waals surface area contributed by atoms with Gasteiger partial charge < -0.3 is 15.2 Å². The summed E-state index contributed by atoms with van der Waals surface area (Å²) in [5.74, 6) is 0.0239. The topological polar surface area (TPSA) is 71.7 Å². The molecule has 0 spiro atoms. The molecular formula is C16H16F2N4O2. The van der Waals surface area contributed by atoms with Gasteiger partial charge in [0.2, 0.25) is 0 Å². The van der Waals surface area contributed by atoms with E-state index in [1.807, 2.05) is 4.40 Å². The second-order valence-electron chi connectivity index (χ2n) is 5.15. The van der Waals surface area contributed by atoms with E-state index in [1.54, 1.807) is 36.9 Å². The van der Waals surface area contributed by atoms with E-state index in [0.29, 0.717) is 12.1 Å². The predicted molar refractivity (Wildman–Crippen MR) is 82.7 cm³/mol. The molecule has 1 unspecified atom stereocenters. The molecule has 0 fully saturated rings. The highest BCUT2D eigenvalue weighted by Gasteiger charge is 2.11. The van der Waals surface area contributed by atoms with Crippen molar-refractivity contribution in [1.29, 1.82) is 0 Å². The Labute approximate surface area is 136 Å². The minimum Gasteiger partial charge on any atom is -0.435 e. The Kier molecular flexibility index (Phi) is 4.97. The van der Waals surface area contributed by atoms with E-state index in [2.05, 4.69) is 20.0 Å². The molecule has 8 heteroatoms. The second-order valence-corrected chi connectivity index (χ2v) is 5.15. The molecular weight excluding hydrogens is 318 g/mol. The van der Waals surface area contributed by atoms with Gasteiger partial charge in [-0.15, -0.1) is 0 Å². The second kappa shape index (κ2) is 7.33. The molecule has 0 amide bonds. The number of hydrogen-bond acceptors (Lipinski definition) is 5. The molecule has 0 aliphatic rings. The van der Waals surface area contributed by atoms with Crippen LogP contribution in [-0.2, 0) is 6.54 Å². The van der Waals surface area contributed by atoms with Crippen molar-refractivity contribution < 1.29 is 18.6 Å². The lowest BCUT2D eigenvalue weighted by atomic mass is 10.1. The van der Waals surface area contributed by atoms with Gasteiger partial charge in [-0.3, -0.25) is 9.38 Å². The van der Waals surface area contributed by atoms with E-state index in [1.165, 1.54) is 12.1 Å². The summed E-state index contributed by atoms with van der Waals surface area (Å²) in [5, 5.41) is 13.3. The average molecular weight is 334 g/mol. The fourth-order valence-corrected chi connectivity index (χ4v) is 2.38. The molecule has 2 aromatic heterocycles. The number of alkyl halides is 2. The van der Waals surface area contributed by atoms with E-state index in [4.69, 9.17) is 0 Å². The molecule has 1 aromatic carbocycles. The van der Waals surface area contributed by atoms with E-state index < -0.39 is 12.7 Å². The first-order valence-corrected chi connectivity index (χ1v) is 7.33. The lowest BCUT2D eigenvalue weighted by Crippen LogP contribution is -2.21. The zero-order valence-corrected chi connectivity index (χ0v) is 12.6. The molecule has 2 heterocycles. The van der Waals surface area contributed by atoms with Crippen LogP contribution in [0.1, 0.15) is 17.4 Å². The van der Waals surface area contributed by atoms with Crippen LogP contribution in [0.5, 0.6) is 5.75 Å². The molecule has 2 N–H and O–H groups in total. The number of aliphatic hydroxyl groups is 1. The number of aromatic nitrogens is 3. The number of halogens is 2. The van der Waals surface area contributed by atoms with Crippen molar-refractivity contribution in [3.05, 3.63) is 60.3 Å². The molecule has 0 saturated heterocycles. The zero-order chi connectivity index (χ0) is 16.9. The van der Waals surface area contributed by atoms with Crippen LogP contribution in [0, 0.1) is 0 Å². The Morgan fingerprint density at radius 1 is 1.29 bits per heavy atom. The number of hydrogen-bond donors (Lipinski definition) is 2. The summed E-state index contributed by atoms with van der Waals surface area (Å²) in [6, 6.07) is 6.04. The van der Waals surface area contributed by atoms with Crippen molar-refractivity contribution in [1.82, 2.24) is 19.7 Å². The summed E-state index contributed by atoms with van der Waals surface area (Å²) < 4.78 is 30.7. The van der Waals surface area contributed by atoms with Gasteiger partial charge in [0.25, 0.3) is 0 Å². The summed E-state index contributed by atoms with van der Waals surface area (Å²) >= 11 is 0. The Balaban J connectivity index is 1.58.